The number of carbonyl (C=O) groups excluding carboxylic acids is 4. The van der Waals surface area contributed by atoms with Crippen molar-refractivity contribution in [1.29, 1.82) is 0 Å². The Morgan fingerprint density at radius 1 is 1.32 bits per heavy atom. The lowest BCUT2D eigenvalue weighted by molar-refractivity contribution is -0.139. The van der Waals surface area contributed by atoms with Crippen LogP contribution in [0.4, 0.5) is 4.79 Å². The van der Waals surface area contributed by atoms with Gasteiger partial charge in [-0.3, -0.25) is 19.7 Å². The molecule has 0 spiro atoms. The predicted molar refractivity (Wildman–Crippen MR) is 77.7 cm³/mol. The van der Waals surface area contributed by atoms with Crippen LogP contribution >= 0.6 is 0 Å². The number of nitrogens with one attached hydrogen (secondary N) is 3. The molecule has 2 heterocycles. The Kier molecular flexibility index (Phi) is 4.39. The van der Waals surface area contributed by atoms with Crippen molar-refractivity contribution in [2.45, 2.75) is 57.7 Å². The molecule has 0 radical (unpaired) electrons. The number of hydrogen-bond acceptors (Lipinski definition) is 4. The van der Waals surface area contributed by atoms with Crippen LogP contribution in [0.25, 0.3) is 0 Å². The third kappa shape index (κ3) is 3.37. The molecule has 0 aromatic carbocycles. The van der Waals surface area contributed by atoms with Crippen molar-refractivity contribution in [1.82, 2.24) is 20.9 Å². The summed E-state index contributed by atoms with van der Waals surface area (Å²) in [6.07, 6.45) is 1.96. The second kappa shape index (κ2) is 5.94. The number of nitrogens with zero attached hydrogens (tertiary/aromatic N) is 1. The molecule has 0 aromatic heterocycles. The summed E-state index contributed by atoms with van der Waals surface area (Å²) in [6.45, 7) is 5.59. The maximum Gasteiger partial charge on any atom is 0.324 e. The summed E-state index contributed by atoms with van der Waals surface area (Å²) in [5.74, 6) is -1.20. The third-order valence-electron chi connectivity index (χ3n) is 4.08. The average molecular weight is 310 g/mol. The summed E-state index contributed by atoms with van der Waals surface area (Å²) < 4.78 is 0. The van der Waals surface area contributed by atoms with Crippen LogP contribution in [-0.2, 0) is 14.4 Å². The topological polar surface area (TPSA) is 108 Å². The van der Waals surface area contributed by atoms with Gasteiger partial charge in [0.15, 0.2) is 0 Å². The lowest BCUT2D eigenvalue weighted by Crippen LogP contribution is -2.64. The molecular formula is C14H22N4O4. The molecule has 2 aliphatic heterocycles. The molecule has 2 rings (SSSR count). The van der Waals surface area contributed by atoms with Gasteiger partial charge >= 0.3 is 6.03 Å². The standard InChI is InChI=1S/C14H22N4O4/c1-8-5-4-6-18(8)13(22)16-12(21)14(2,3)17-11(20)9-7-10(19)15-9/h8-9H,4-7H2,1-3H3,(H,15,19)(H,17,20)(H,16,21,22)/t8-,9+/m1/s1. The molecule has 0 aromatic rings. The van der Waals surface area contributed by atoms with Crippen molar-refractivity contribution < 1.29 is 19.2 Å². The highest BCUT2D eigenvalue weighted by Crippen LogP contribution is 2.16. The molecule has 22 heavy (non-hydrogen) atoms. The average Bonchev–Trinajstić information content (AvgIpc) is 2.80. The van der Waals surface area contributed by atoms with E-state index in [0.717, 1.165) is 12.8 Å². The molecular weight excluding hydrogens is 288 g/mol. The van der Waals surface area contributed by atoms with Gasteiger partial charge in [-0.25, -0.2) is 4.79 Å². The fourth-order valence-corrected chi connectivity index (χ4v) is 2.53. The fraction of sp³-hybridized carbons (Fsp3) is 0.714. The molecule has 2 saturated heterocycles. The van der Waals surface area contributed by atoms with Crippen LogP contribution in [0.15, 0.2) is 0 Å². The molecule has 0 aliphatic carbocycles. The number of amides is 5. The van der Waals surface area contributed by atoms with Crippen LogP contribution in [0.5, 0.6) is 0 Å². The number of imide groups is 1. The molecule has 8 nitrogen and oxygen atoms in total. The van der Waals surface area contributed by atoms with Crippen molar-refractivity contribution in [2.75, 3.05) is 6.54 Å². The van der Waals surface area contributed by atoms with Crippen molar-refractivity contribution in [3.8, 4) is 0 Å². The first kappa shape index (κ1) is 16.3. The number of hydrogen-bond donors (Lipinski definition) is 3. The quantitative estimate of drug-likeness (QED) is 0.610. The van der Waals surface area contributed by atoms with E-state index in [9.17, 15) is 19.2 Å². The van der Waals surface area contributed by atoms with Gasteiger partial charge in [-0.05, 0) is 33.6 Å². The fourth-order valence-electron chi connectivity index (χ4n) is 2.53. The van der Waals surface area contributed by atoms with E-state index in [1.54, 1.807) is 4.90 Å². The molecule has 122 valence electrons. The monoisotopic (exact) mass is 310 g/mol. The first-order chi connectivity index (χ1) is 10.2. The maximum absolute atomic E-state index is 12.2. The Morgan fingerprint density at radius 2 is 1.95 bits per heavy atom. The first-order valence-electron chi connectivity index (χ1n) is 7.44. The summed E-state index contributed by atoms with van der Waals surface area (Å²) in [7, 11) is 0. The predicted octanol–water partition coefficient (Wildman–Crippen LogP) is -0.510. The van der Waals surface area contributed by atoms with Crippen LogP contribution in [0.3, 0.4) is 0 Å². The Balaban J connectivity index is 1.88. The molecule has 2 atom stereocenters. The molecule has 3 N–H and O–H groups in total. The second-order valence-corrected chi connectivity index (χ2v) is 6.38. The van der Waals surface area contributed by atoms with Crippen LogP contribution < -0.4 is 16.0 Å². The van der Waals surface area contributed by atoms with E-state index < -0.39 is 29.4 Å². The zero-order chi connectivity index (χ0) is 16.5. The van der Waals surface area contributed by atoms with Gasteiger partial charge in [0.25, 0.3) is 5.91 Å². The van der Waals surface area contributed by atoms with E-state index >= 15 is 0 Å². The summed E-state index contributed by atoms with van der Waals surface area (Å²) in [5.41, 5.74) is -1.24. The van der Waals surface area contributed by atoms with E-state index in [2.05, 4.69) is 16.0 Å². The van der Waals surface area contributed by atoms with Gasteiger partial charge in [-0.15, -0.1) is 0 Å². The van der Waals surface area contributed by atoms with E-state index in [-0.39, 0.29) is 18.4 Å². The summed E-state index contributed by atoms with van der Waals surface area (Å²) in [6, 6.07) is -0.932. The van der Waals surface area contributed by atoms with Crippen molar-refractivity contribution >= 4 is 23.8 Å². The minimum Gasteiger partial charge on any atom is -0.344 e. The van der Waals surface area contributed by atoms with Gasteiger partial charge in [-0.1, -0.05) is 0 Å². The van der Waals surface area contributed by atoms with Crippen molar-refractivity contribution in [3.05, 3.63) is 0 Å². The largest absolute Gasteiger partial charge is 0.344 e. The summed E-state index contributed by atoms with van der Waals surface area (Å²) in [5, 5.41) is 7.31. The van der Waals surface area contributed by atoms with Crippen molar-refractivity contribution in [2.24, 2.45) is 0 Å². The van der Waals surface area contributed by atoms with Gasteiger partial charge in [0.1, 0.15) is 11.6 Å². The number of urea groups is 1. The third-order valence-corrected chi connectivity index (χ3v) is 4.08. The zero-order valence-electron chi connectivity index (χ0n) is 13.1. The van der Waals surface area contributed by atoms with E-state index in [1.807, 2.05) is 6.92 Å². The van der Waals surface area contributed by atoms with Crippen LogP contribution in [0.2, 0.25) is 0 Å². The second-order valence-electron chi connectivity index (χ2n) is 6.38. The Bertz CT molecular complexity index is 509. The van der Waals surface area contributed by atoms with Gasteiger partial charge in [0.05, 0.1) is 6.42 Å². The number of β-lactam (4-membered cyclic amide) rings is 1. The summed E-state index contributed by atoms with van der Waals surface area (Å²) >= 11 is 0. The Morgan fingerprint density at radius 3 is 2.45 bits per heavy atom. The highest BCUT2D eigenvalue weighted by molar-refractivity contribution is 6.03. The molecule has 2 fully saturated rings. The minimum absolute atomic E-state index is 0.107. The highest BCUT2D eigenvalue weighted by atomic mass is 16.2. The zero-order valence-corrected chi connectivity index (χ0v) is 13.1. The highest BCUT2D eigenvalue weighted by Gasteiger charge is 2.38. The lowest BCUT2D eigenvalue weighted by Gasteiger charge is -2.31. The van der Waals surface area contributed by atoms with E-state index in [1.165, 1.54) is 13.8 Å². The van der Waals surface area contributed by atoms with Gasteiger partial charge in [-0.2, -0.15) is 0 Å². The lowest BCUT2D eigenvalue weighted by atomic mass is 10.0. The SMILES string of the molecule is C[C@@H]1CCCN1C(=O)NC(=O)C(C)(C)NC(=O)[C@@H]1CC(=O)N1. The van der Waals surface area contributed by atoms with Crippen LogP contribution in [0, 0.1) is 0 Å². The first-order valence-corrected chi connectivity index (χ1v) is 7.44. The molecule has 0 unspecified atom stereocenters. The van der Waals surface area contributed by atoms with Crippen LogP contribution in [-0.4, -0.2) is 52.8 Å². The molecule has 0 saturated carbocycles. The van der Waals surface area contributed by atoms with Gasteiger partial charge in [0, 0.05) is 12.6 Å². The van der Waals surface area contributed by atoms with Gasteiger partial charge in [0.2, 0.25) is 11.8 Å². The molecule has 8 heteroatoms. The Hall–Kier alpha value is -2.12. The number of likely N-dealkylation sites (tertiary alicyclic amines) is 1. The molecule has 5 amide bonds. The smallest absolute Gasteiger partial charge is 0.324 e. The van der Waals surface area contributed by atoms with Crippen molar-refractivity contribution in [3.63, 3.8) is 0 Å². The maximum atomic E-state index is 12.2. The van der Waals surface area contributed by atoms with Gasteiger partial charge < -0.3 is 15.5 Å². The minimum atomic E-state index is -1.24. The van der Waals surface area contributed by atoms with Crippen LogP contribution in [0.1, 0.15) is 40.0 Å². The van der Waals surface area contributed by atoms with E-state index in [0.29, 0.717) is 6.54 Å². The van der Waals surface area contributed by atoms with E-state index in [4.69, 9.17) is 0 Å². The summed E-state index contributed by atoms with van der Waals surface area (Å²) in [4.78, 5) is 48.6. The number of rotatable bonds is 3. The molecule has 0 bridgehead atoms. The number of carbonyl (C=O) groups is 4. The molecule has 2 aliphatic rings. The Labute approximate surface area is 129 Å². The normalized spacial score (nSPS) is 24.3.